The van der Waals surface area contributed by atoms with Gasteiger partial charge in [0.1, 0.15) is 18.2 Å². The minimum atomic E-state index is -4.61. The van der Waals surface area contributed by atoms with Gasteiger partial charge < -0.3 is 16.2 Å². The summed E-state index contributed by atoms with van der Waals surface area (Å²) in [6.45, 7) is 0.830. The smallest absolute Gasteiger partial charge is 0.419 e. The third kappa shape index (κ3) is 3.77. The third-order valence-corrected chi connectivity index (χ3v) is 4.42. The van der Waals surface area contributed by atoms with Crippen LogP contribution < -0.4 is 16.2 Å². The van der Waals surface area contributed by atoms with E-state index in [4.69, 9.17) is 16.2 Å². The largest absolute Gasteiger partial charge is 0.492 e. The number of hydrogen-bond acceptors (Lipinski definition) is 6. The second kappa shape index (κ2) is 7.64. The average Bonchev–Trinajstić information content (AvgIpc) is 3.15. The number of fused-ring (bicyclic) bond motifs is 1. The quantitative estimate of drug-likeness (QED) is 0.519. The molecular weight excluding hydrogens is 397 g/mol. The Morgan fingerprint density at radius 3 is 2.43 bits per heavy atom. The minimum absolute atomic E-state index is 0.208. The molecule has 0 spiro atoms. The number of halogens is 3. The van der Waals surface area contributed by atoms with Crippen molar-refractivity contribution >= 4 is 11.5 Å². The number of benzene rings is 1. The van der Waals surface area contributed by atoms with Crippen LogP contribution in [-0.2, 0) is 6.18 Å². The summed E-state index contributed by atoms with van der Waals surface area (Å²) in [7, 11) is 0. The maximum Gasteiger partial charge on any atom is 0.419 e. The molecule has 7 nitrogen and oxygen atoms in total. The van der Waals surface area contributed by atoms with Crippen molar-refractivity contribution in [2.24, 2.45) is 5.73 Å². The zero-order chi connectivity index (χ0) is 21.3. The lowest BCUT2D eigenvalue weighted by Crippen LogP contribution is -2.10. The molecule has 0 amide bonds. The molecule has 0 aliphatic carbocycles. The van der Waals surface area contributed by atoms with E-state index < -0.39 is 17.6 Å². The summed E-state index contributed by atoms with van der Waals surface area (Å²) in [5, 5.41) is 4.54. The van der Waals surface area contributed by atoms with E-state index in [1.807, 2.05) is 12.1 Å². The number of nitrogens with two attached hydrogens (primary N) is 2. The number of nitrogen functional groups attached to an aromatic ring is 1. The molecule has 0 bridgehead atoms. The molecule has 0 unspecified atom stereocenters. The third-order valence-electron chi connectivity index (χ3n) is 4.42. The molecule has 3 aromatic heterocycles. The summed E-state index contributed by atoms with van der Waals surface area (Å²) in [5.74, 6) is 0.104. The highest BCUT2D eigenvalue weighted by molar-refractivity contribution is 5.67. The van der Waals surface area contributed by atoms with Crippen molar-refractivity contribution in [2.75, 3.05) is 18.9 Å². The van der Waals surface area contributed by atoms with Gasteiger partial charge in [-0.2, -0.15) is 18.3 Å². The Labute approximate surface area is 169 Å². The van der Waals surface area contributed by atoms with Gasteiger partial charge in [-0.1, -0.05) is 0 Å². The molecule has 0 atom stereocenters. The fourth-order valence-corrected chi connectivity index (χ4v) is 2.97. The first-order valence-electron chi connectivity index (χ1n) is 8.98. The number of aromatic nitrogens is 4. The molecule has 4 aromatic rings. The molecular formula is C20H17F3N6O. The van der Waals surface area contributed by atoms with Crippen LogP contribution in [-0.4, -0.2) is 32.7 Å². The van der Waals surface area contributed by atoms with Gasteiger partial charge in [-0.25, -0.2) is 14.5 Å². The number of anilines is 1. The first-order chi connectivity index (χ1) is 14.4. The number of hydrogen-bond donors (Lipinski definition) is 2. The van der Waals surface area contributed by atoms with Crippen LogP contribution in [0.2, 0.25) is 0 Å². The topological polar surface area (TPSA) is 104 Å². The Bertz CT molecular complexity index is 1190. The Morgan fingerprint density at radius 1 is 0.967 bits per heavy atom. The molecule has 0 radical (unpaired) electrons. The van der Waals surface area contributed by atoms with E-state index in [1.165, 1.54) is 16.9 Å². The second-order valence-electron chi connectivity index (χ2n) is 6.45. The summed E-state index contributed by atoms with van der Waals surface area (Å²) in [6.07, 6.45) is -1.89. The Hall–Kier alpha value is -3.66. The lowest BCUT2D eigenvalue weighted by Gasteiger charge is -2.11. The van der Waals surface area contributed by atoms with Crippen LogP contribution in [0.4, 0.5) is 19.0 Å². The predicted octanol–water partition coefficient (Wildman–Crippen LogP) is 3.40. The van der Waals surface area contributed by atoms with Crippen molar-refractivity contribution in [3.63, 3.8) is 0 Å². The number of rotatable bonds is 5. The zero-order valence-corrected chi connectivity index (χ0v) is 15.6. The highest BCUT2D eigenvalue weighted by Crippen LogP contribution is 2.35. The molecule has 1 aromatic carbocycles. The van der Waals surface area contributed by atoms with E-state index in [0.29, 0.717) is 35.9 Å². The van der Waals surface area contributed by atoms with Gasteiger partial charge in [-0.15, -0.1) is 0 Å². The average molecular weight is 414 g/mol. The van der Waals surface area contributed by atoms with Crippen LogP contribution in [0.1, 0.15) is 5.56 Å². The zero-order valence-electron chi connectivity index (χ0n) is 15.6. The van der Waals surface area contributed by atoms with Crippen molar-refractivity contribution in [3.8, 4) is 28.3 Å². The van der Waals surface area contributed by atoms with Crippen molar-refractivity contribution < 1.29 is 17.9 Å². The van der Waals surface area contributed by atoms with Crippen molar-refractivity contribution in [3.05, 3.63) is 60.4 Å². The summed E-state index contributed by atoms with van der Waals surface area (Å²) < 4.78 is 46.5. The number of imidazole rings is 1. The van der Waals surface area contributed by atoms with Gasteiger partial charge >= 0.3 is 6.18 Å². The predicted molar refractivity (Wildman–Crippen MR) is 106 cm³/mol. The van der Waals surface area contributed by atoms with Crippen molar-refractivity contribution in [1.82, 2.24) is 19.6 Å². The van der Waals surface area contributed by atoms with E-state index in [-0.39, 0.29) is 5.56 Å². The van der Waals surface area contributed by atoms with Gasteiger partial charge in [0.2, 0.25) is 0 Å². The number of nitrogens with zero attached hydrogens (tertiary/aromatic N) is 4. The van der Waals surface area contributed by atoms with Gasteiger partial charge in [-0.05, 0) is 42.5 Å². The Balaban J connectivity index is 1.74. The lowest BCUT2D eigenvalue weighted by molar-refractivity contribution is -0.137. The SMILES string of the molecule is NCCOc1ccc(-c2ccc3ncc(-c4cnc(N)c(C(F)(F)F)c4)n3n2)cc1. The Morgan fingerprint density at radius 2 is 1.73 bits per heavy atom. The molecule has 4 rings (SSSR count). The van der Waals surface area contributed by atoms with Crippen molar-refractivity contribution in [2.45, 2.75) is 6.18 Å². The monoisotopic (exact) mass is 414 g/mol. The van der Waals surface area contributed by atoms with E-state index in [9.17, 15) is 13.2 Å². The van der Waals surface area contributed by atoms with Gasteiger partial charge in [0.25, 0.3) is 0 Å². The van der Waals surface area contributed by atoms with Crippen LogP contribution in [0.25, 0.3) is 28.2 Å². The summed E-state index contributed by atoms with van der Waals surface area (Å²) in [6, 6.07) is 11.7. The molecule has 0 aliphatic heterocycles. The number of alkyl halides is 3. The van der Waals surface area contributed by atoms with E-state index >= 15 is 0 Å². The molecule has 4 N–H and O–H groups in total. The molecule has 10 heteroatoms. The molecule has 0 fully saturated rings. The van der Waals surface area contributed by atoms with Gasteiger partial charge in [0.05, 0.1) is 23.1 Å². The summed E-state index contributed by atoms with van der Waals surface area (Å²) in [4.78, 5) is 7.91. The first-order valence-corrected chi connectivity index (χ1v) is 8.98. The normalized spacial score (nSPS) is 11.7. The molecule has 154 valence electrons. The van der Waals surface area contributed by atoms with Gasteiger partial charge in [0, 0.05) is 23.9 Å². The lowest BCUT2D eigenvalue weighted by atomic mass is 10.1. The molecule has 0 aliphatic rings. The highest BCUT2D eigenvalue weighted by Gasteiger charge is 2.34. The van der Waals surface area contributed by atoms with Crippen molar-refractivity contribution in [1.29, 1.82) is 0 Å². The summed E-state index contributed by atoms with van der Waals surface area (Å²) in [5.41, 5.74) is 12.3. The fraction of sp³-hybridized carbons (Fsp3) is 0.150. The van der Waals surface area contributed by atoms with E-state index in [2.05, 4.69) is 15.1 Å². The van der Waals surface area contributed by atoms with Gasteiger partial charge in [-0.3, -0.25) is 0 Å². The van der Waals surface area contributed by atoms with Crippen LogP contribution in [0.3, 0.4) is 0 Å². The van der Waals surface area contributed by atoms with Gasteiger partial charge in [0.15, 0.2) is 5.65 Å². The van der Waals surface area contributed by atoms with E-state index in [1.54, 1.807) is 24.3 Å². The standard InChI is InChI=1S/C20H17F3N6O/c21-20(22,23)15-9-13(10-27-19(15)25)17-11-26-18-6-5-16(28-29(17)18)12-1-3-14(4-2-12)30-8-7-24/h1-6,9-11H,7-8,24H2,(H2,25,27). The summed E-state index contributed by atoms with van der Waals surface area (Å²) >= 11 is 0. The fourth-order valence-electron chi connectivity index (χ4n) is 2.97. The molecule has 0 saturated heterocycles. The molecule has 0 saturated carbocycles. The highest BCUT2D eigenvalue weighted by atomic mass is 19.4. The second-order valence-corrected chi connectivity index (χ2v) is 6.45. The number of pyridine rings is 1. The maximum atomic E-state index is 13.2. The van der Waals surface area contributed by atoms with Crippen LogP contribution >= 0.6 is 0 Å². The maximum absolute atomic E-state index is 13.2. The number of ether oxygens (including phenoxy) is 1. The van der Waals surface area contributed by atoms with Crippen LogP contribution in [0.5, 0.6) is 5.75 Å². The first kappa shape index (κ1) is 19.6. The molecule has 3 heterocycles. The molecule has 30 heavy (non-hydrogen) atoms. The minimum Gasteiger partial charge on any atom is -0.492 e. The van der Waals surface area contributed by atoms with Crippen LogP contribution in [0.15, 0.2) is 54.9 Å². The van der Waals surface area contributed by atoms with E-state index in [0.717, 1.165) is 11.6 Å². The van der Waals surface area contributed by atoms with Crippen LogP contribution in [0, 0.1) is 0 Å². The Kier molecular flexibility index (Phi) is 5.00.